The Labute approximate surface area is 407 Å². The van der Waals surface area contributed by atoms with Crippen molar-refractivity contribution < 1.29 is 13.3 Å². The van der Waals surface area contributed by atoms with Crippen molar-refractivity contribution in [3.8, 4) is 16.8 Å². The molecule has 5 nitrogen and oxygen atoms in total. The lowest BCUT2D eigenvalue weighted by molar-refractivity contribution is 0.332. The second kappa shape index (κ2) is 13.0. The second-order valence-electron chi connectivity index (χ2n) is 24.3. The molecule has 0 saturated carbocycles. The summed E-state index contributed by atoms with van der Waals surface area (Å²) in [6.07, 6.45) is 2.30. The van der Waals surface area contributed by atoms with E-state index in [2.05, 4.69) is 206 Å². The number of furan rings is 3. The summed E-state index contributed by atoms with van der Waals surface area (Å²) in [6, 6.07) is 48.2. The van der Waals surface area contributed by atoms with Crippen LogP contribution in [-0.2, 0) is 21.7 Å². The molecule has 8 aromatic carbocycles. The third kappa shape index (κ3) is 5.19. The van der Waals surface area contributed by atoms with Gasteiger partial charge in [0.15, 0.2) is 0 Å². The monoisotopic (exact) mass is 910 g/mol. The lowest BCUT2D eigenvalue weighted by Gasteiger charge is -2.42. The summed E-state index contributed by atoms with van der Waals surface area (Å²) in [6.45, 7) is 23.2. The molecule has 3 aliphatic rings. The fourth-order valence-electron chi connectivity index (χ4n) is 13.2. The fourth-order valence-corrected chi connectivity index (χ4v) is 13.2. The predicted molar refractivity (Wildman–Crippen MR) is 294 cm³/mol. The Morgan fingerprint density at radius 3 is 1.83 bits per heavy atom. The molecule has 12 aromatic rings. The Kier molecular flexibility index (Phi) is 7.54. The van der Waals surface area contributed by atoms with Crippen LogP contribution >= 0.6 is 0 Å². The van der Waals surface area contributed by atoms with Gasteiger partial charge >= 0.3 is 6.85 Å². The molecule has 0 radical (unpaired) electrons. The molecular formula is C64H55BN2O3. The van der Waals surface area contributed by atoms with Crippen LogP contribution in [0.15, 0.2) is 141 Å². The molecule has 2 aliphatic heterocycles. The van der Waals surface area contributed by atoms with E-state index in [4.69, 9.17) is 13.3 Å². The SMILES string of the molecule is CC(C)(C)c1ccc(N2B3c4cc5c(cc4-n4c6ccc(C(C)(C)C)cc6c6c7oc8ccccc8c7c(c3c64)-c3cc4oc6cc7c(cc6c4cc32)C(C)(C)CCC7(C)C)oc2ccccc25)cc1. The summed E-state index contributed by atoms with van der Waals surface area (Å²) in [5, 5.41) is 9.18. The molecule has 0 amide bonds. The Balaban J connectivity index is 1.16. The van der Waals surface area contributed by atoms with Gasteiger partial charge in [-0.1, -0.05) is 130 Å². The van der Waals surface area contributed by atoms with Gasteiger partial charge in [0.2, 0.25) is 0 Å². The maximum absolute atomic E-state index is 7.27. The Morgan fingerprint density at radius 2 is 1.10 bits per heavy atom. The molecule has 0 N–H and O–H groups in total. The van der Waals surface area contributed by atoms with E-state index in [9.17, 15) is 0 Å². The second-order valence-corrected chi connectivity index (χ2v) is 24.3. The quantitative estimate of drug-likeness (QED) is 0.154. The highest BCUT2D eigenvalue weighted by Gasteiger charge is 2.47. The number of nitrogens with zero attached hydrogens (tertiary/aromatic N) is 2. The number of aromatic nitrogens is 1. The molecule has 0 spiro atoms. The maximum Gasteiger partial charge on any atom is 0.333 e. The zero-order valence-electron chi connectivity index (χ0n) is 41.7. The van der Waals surface area contributed by atoms with Gasteiger partial charge in [0.1, 0.15) is 33.5 Å². The molecule has 342 valence electrons. The maximum atomic E-state index is 7.27. The molecular weight excluding hydrogens is 856 g/mol. The summed E-state index contributed by atoms with van der Waals surface area (Å²) in [4.78, 5) is 2.66. The molecule has 70 heavy (non-hydrogen) atoms. The van der Waals surface area contributed by atoms with Crippen molar-refractivity contribution in [1.29, 1.82) is 0 Å². The molecule has 6 heterocycles. The highest BCUT2D eigenvalue weighted by Crippen LogP contribution is 2.54. The van der Waals surface area contributed by atoms with Crippen molar-refractivity contribution >= 4 is 117 Å². The summed E-state index contributed by atoms with van der Waals surface area (Å²) >= 11 is 0. The van der Waals surface area contributed by atoms with Crippen LogP contribution in [0.2, 0.25) is 0 Å². The largest absolute Gasteiger partial charge is 0.456 e. The van der Waals surface area contributed by atoms with Crippen molar-refractivity contribution in [3.63, 3.8) is 0 Å². The summed E-state index contributed by atoms with van der Waals surface area (Å²) in [7, 11) is 0. The van der Waals surface area contributed by atoms with Crippen LogP contribution in [0.4, 0.5) is 11.4 Å². The first-order chi connectivity index (χ1) is 33.4. The average Bonchev–Trinajstić information content (AvgIpc) is 4.09. The molecule has 15 rings (SSSR count). The number of para-hydroxylation sites is 2. The van der Waals surface area contributed by atoms with E-state index in [0.29, 0.717) is 0 Å². The van der Waals surface area contributed by atoms with Gasteiger partial charge in [-0.3, -0.25) is 0 Å². The minimum atomic E-state index is -0.224. The van der Waals surface area contributed by atoms with Crippen LogP contribution in [0.25, 0.3) is 104 Å². The van der Waals surface area contributed by atoms with Crippen LogP contribution in [0.5, 0.6) is 0 Å². The van der Waals surface area contributed by atoms with Crippen LogP contribution in [0.3, 0.4) is 0 Å². The zero-order valence-corrected chi connectivity index (χ0v) is 41.7. The standard InChI is InChI=1S/C64H55BN2O3/c1-61(2,3)34-19-22-36(23-20-34)67-48-30-41-39-28-44-45(64(9,10)26-25-63(44,7)8)32-53(39)69-52(41)31-43(48)55-56-38-16-12-14-18-51(38)70-60(56)57-42-27-35(62(4,5)6)21-24-47(42)66-49-33-54-40(37-15-11-13-17-50(37)68-54)29-46(49)65(67)58(55)59(57)66/h11-24,27-33H,25-26H2,1-10H3. The lowest BCUT2D eigenvalue weighted by atomic mass is 9.43. The van der Waals surface area contributed by atoms with Crippen molar-refractivity contribution in [2.24, 2.45) is 0 Å². The number of fused-ring (bicyclic) bond motifs is 20. The van der Waals surface area contributed by atoms with Gasteiger partial charge in [0.25, 0.3) is 0 Å². The molecule has 0 saturated heterocycles. The Morgan fingerprint density at radius 1 is 0.500 bits per heavy atom. The van der Waals surface area contributed by atoms with Gasteiger partial charge in [0.05, 0.1) is 16.4 Å². The van der Waals surface area contributed by atoms with Gasteiger partial charge in [0, 0.05) is 66.4 Å². The normalized spacial score (nSPS) is 16.2. The third-order valence-corrected chi connectivity index (χ3v) is 17.1. The average molecular weight is 911 g/mol. The van der Waals surface area contributed by atoms with Gasteiger partial charge in [-0.05, 0) is 134 Å². The number of anilines is 2. The highest BCUT2D eigenvalue weighted by molar-refractivity contribution is 6.94. The van der Waals surface area contributed by atoms with Crippen molar-refractivity contribution in [2.75, 3.05) is 4.81 Å². The lowest BCUT2D eigenvalue weighted by Crippen LogP contribution is -2.60. The number of hydrogen-bond acceptors (Lipinski definition) is 4. The van der Waals surface area contributed by atoms with Gasteiger partial charge in [-0.25, -0.2) is 0 Å². The molecule has 4 aromatic heterocycles. The van der Waals surface area contributed by atoms with E-state index in [0.717, 1.165) is 107 Å². The summed E-state index contributed by atoms with van der Waals surface area (Å²) in [5.74, 6) is 0. The summed E-state index contributed by atoms with van der Waals surface area (Å²) in [5.41, 5.74) is 21.5. The van der Waals surface area contributed by atoms with E-state index in [1.54, 1.807) is 0 Å². The van der Waals surface area contributed by atoms with Gasteiger partial charge < -0.3 is 22.6 Å². The molecule has 6 heteroatoms. The first-order valence-corrected chi connectivity index (χ1v) is 25.3. The van der Waals surface area contributed by atoms with Crippen LogP contribution in [-0.4, -0.2) is 11.4 Å². The minimum Gasteiger partial charge on any atom is -0.456 e. The summed E-state index contributed by atoms with van der Waals surface area (Å²) < 4.78 is 23.7. The molecule has 1 aliphatic carbocycles. The van der Waals surface area contributed by atoms with E-state index < -0.39 is 0 Å². The van der Waals surface area contributed by atoms with E-state index in [-0.39, 0.29) is 28.5 Å². The van der Waals surface area contributed by atoms with E-state index in [1.165, 1.54) is 55.0 Å². The van der Waals surface area contributed by atoms with Gasteiger partial charge in [-0.15, -0.1) is 0 Å². The highest BCUT2D eigenvalue weighted by atomic mass is 16.3. The number of rotatable bonds is 1. The molecule has 0 fully saturated rings. The molecule has 0 atom stereocenters. The molecule has 0 unspecified atom stereocenters. The van der Waals surface area contributed by atoms with E-state index >= 15 is 0 Å². The first kappa shape index (κ1) is 40.7. The molecule has 0 bridgehead atoms. The predicted octanol–water partition coefficient (Wildman–Crippen LogP) is 16.7. The zero-order chi connectivity index (χ0) is 47.7. The minimum absolute atomic E-state index is 0.00732. The van der Waals surface area contributed by atoms with Crippen molar-refractivity contribution in [1.82, 2.24) is 4.57 Å². The van der Waals surface area contributed by atoms with Gasteiger partial charge in [-0.2, -0.15) is 0 Å². The van der Waals surface area contributed by atoms with Crippen LogP contribution < -0.4 is 15.7 Å². The third-order valence-electron chi connectivity index (χ3n) is 17.1. The van der Waals surface area contributed by atoms with E-state index in [1.807, 2.05) is 0 Å². The Hall–Kier alpha value is -7.18. The first-order valence-electron chi connectivity index (χ1n) is 25.3. The fraction of sp³-hybridized carbons (Fsp3) is 0.250. The van der Waals surface area contributed by atoms with Crippen LogP contribution in [0.1, 0.15) is 104 Å². The van der Waals surface area contributed by atoms with Crippen LogP contribution in [0, 0.1) is 0 Å². The smallest absolute Gasteiger partial charge is 0.333 e. The number of benzene rings is 8. The number of hydrogen-bond donors (Lipinski definition) is 0. The topological polar surface area (TPSA) is 47.6 Å². The van der Waals surface area contributed by atoms with Crippen molar-refractivity contribution in [2.45, 2.75) is 104 Å². The van der Waals surface area contributed by atoms with Crippen molar-refractivity contribution in [3.05, 3.63) is 150 Å². The Bertz CT molecular complexity index is 4330.